The molecule has 0 saturated heterocycles. The Hall–Kier alpha value is -1.64. The van der Waals surface area contributed by atoms with Crippen LogP contribution in [0.4, 0.5) is 5.69 Å². The van der Waals surface area contributed by atoms with Gasteiger partial charge in [-0.15, -0.1) is 0 Å². The molecule has 1 saturated carbocycles. The lowest BCUT2D eigenvalue weighted by Crippen LogP contribution is -2.25. The van der Waals surface area contributed by atoms with Crippen molar-refractivity contribution in [1.82, 2.24) is 0 Å². The highest BCUT2D eigenvalue weighted by Crippen LogP contribution is 2.35. The van der Waals surface area contributed by atoms with Crippen molar-refractivity contribution in [3.63, 3.8) is 0 Å². The number of hydrogen-bond acceptors (Lipinski definition) is 2. The SMILES string of the molecule is CC(=O)N1CCc2cc(C(=O)C3CC3)ccc21. The molecular weight excluding hydrogens is 214 g/mol. The van der Waals surface area contributed by atoms with Gasteiger partial charge in [0.05, 0.1) is 0 Å². The first-order valence-corrected chi connectivity index (χ1v) is 6.12. The number of amides is 1. The maximum absolute atomic E-state index is 11.9. The van der Waals surface area contributed by atoms with Crippen LogP contribution in [0.1, 0.15) is 35.7 Å². The van der Waals surface area contributed by atoms with Gasteiger partial charge in [-0.2, -0.15) is 0 Å². The maximum Gasteiger partial charge on any atom is 0.223 e. The third-order valence-corrected chi connectivity index (χ3v) is 3.59. The summed E-state index contributed by atoms with van der Waals surface area (Å²) in [6.07, 6.45) is 2.94. The average Bonchev–Trinajstić information content (AvgIpc) is 3.06. The first-order valence-electron chi connectivity index (χ1n) is 6.12. The van der Waals surface area contributed by atoms with Gasteiger partial charge in [-0.25, -0.2) is 0 Å². The number of fused-ring (bicyclic) bond motifs is 1. The van der Waals surface area contributed by atoms with Crippen LogP contribution in [0, 0.1) is 5.92 Å². The van der Waals surface area contributed by atoms with Crippen molar-refractivity contribution < 1.29 is 9.59 Å². The molecule has 1 aliphatic heterocycles. The van der Waals surface area contributed by atoms with Gasteiger partial charge in [-0.05, 0) is 43.0 Å². The Kier molecular flexibility index (Phi) is 2.28. The number of carbonyl (C=O) groups is 2. The zero-order chi connectivity index (χ0) is 12.0. The van der Waals surface area contributed by atoms with Crippen LogP contribution < -0.4 is 4.90 Å². The number of carbonyl (C=O) groups excluding carboxylic acids is 2. The molecule has 1 aliphatic carbocycles. The molecule has 3 rings (SSSR count). The molecule has 1 aromatic rings. The predicted octanol–water partition coefficient (Wildman–Crippen LogP) is 2.19. The lowest BCUT2D eigenvalue weighted by atomic mass is 10.0. The summed E-state index contributed by atoms with van der Waals surface area (Å²) < 4.78 is 0. The fourth-order valence-corrected chi connectivity index (χ4v) is 2.46. The van der Waals surface area contributed by atoms with Crippen LogP contribution in [0.3, 0.4) is 0 Å². The molecule has 0 spiro atoms. The number of benzene rings is 1. The molecule has 0 atom stereocenters. The van der Waals surface area contributed by atoms with Crippen LogP contribution in [0.2, 0.25) is 0 Å². The van der Waals surface area contributed by atoms with E-state index < -0.39 is 0 Å². The van der Waals surface area contributed by atoms with E-state index in [2.05, 4.69) is 0 Å². The Labute approximate surface area is 100 Å². The van der Waals surface area contributed by atoms with E-state index in [1.54, 1.807) is 11.8 Å². The molecule has 3 heteroatoms. The van der Waals surface area contributed by atoms with Crippen LogP contribution in [0.5, 0.6) is 0 Å². The second kappa shape index (κ2) is 3.69. The van der Waals surface area contributed by atoms with Gasteiger partial charge >= 0.3 is 0 Å². The van der Waals surface area contributed by atoms with Crippen LogP contribution in [0.15, 0.2) is 18.2 Å². The van der Waals surface area contributed by atoms with Crippen molar-refractivity contribution in [2.24, 2.45) is 5.92 Å². The second-order valence-corrected chi connectivity index (χ2v) is 4.90. The van der Waals surface area contributed by atoms with E-state index in [-0.39, 0.29) is 17.6 Å². The fourth-order valence-electron chi connectivity index (χ4n) is 2.46. The third kappa shape index (κ3) is 1.75. The van der Waals surface area contributed by atoms with E-state index in [9.17, 15) is 9.59 Å². The minimum Gasteiger partial charge on any atom is -0.312 e. The predicted molar refractivity (Wildman–Crippen MR) is 65.2 cm³/mol. The number of ketones is 1. The highest BCUT2D eigenvalue weighted by atomic mass is 16.2. The molecule has 1 fully saturated rings. The van der Waals surface area contributed by atoms with E-state index in [1.807, 2.05) is 18.2 Å². The van der Waals surface area contributed by atoms with Gasteiger partial charge in [0.15, 0.2) is 5.78 Å². The molecule has 0 N–H and O–H groups in total. The summed E-state index contributed by atoms with van der Waals surface area (Å²) in [5.74, 6) is 0.609. The van der Waals surface area contributed by atoms with E-state index in [4.69, 9.17) is 0 Å². The normalized spacial score (nSPS) is 18.1. The van der Waals surface area contributed by atoms with Crippen molar-refractivity contribution >= 4 is 17.4 Å². The number of rotatable bonds is 2. The molecule has 0 radical (unpaired) electrons. The highest BCUT2D eigenvalue weighted by molar-refractivity contribution is 6.01. The van der Waals surface area contributed by atoms with E-state index in [1.165, 1.54) is 0 Å². The van der Waals surface area contributed by atoms with Crippen molar-refractivity contribution in [2.75, 3.05) is 11.4 Å². The summed E-state index contributed by atoms with van der Waals surface area (Å²) in [5.41, 5.74) is 2.92. The van der Waals surface area contributed by atoms with Gasteiger partial charge in [-0.3, -0.25) is 9.59 Å². The summed E-state index contributed by atoms with van der Waals surface area (Å²) in [4.78, 5) is 25.1. The van der Waals surface area contributed by atoms with Crippen LogP contribution in [0.25, 0.3) is 0 Å². The molecule has 88 valence electrons. The largest absolute Gasteiger partial charge is 0.312 e. The van der Waals surface area contributed by atoms with Crippen molar-refractivity contribution in [3.05, 3.63) is 29.3 Å². The number of nitrogens with zero attached hydrogens (tertiary/aromatic N) is 1. The quantitative estimate of drug-likeness (QED) is 0.729. The minimum absolute atomic E-state index is 0.0741. The van der Waals surface area contributed by atoms with Gasteiger partial charge in [0.25, 0.3) is 0 Å². The summed E-state index contributed by atoms with van der Waals surface area (Å²) in [5, 5.41) is 0. The van der Waals surface area contributed by atoms with Gasteiger partial charge in [-0.1, -0.05) is 0 Å². The third-order valence-electron chi connectivity index (χ3n) is 3.59. The smallest absolute Gasteiger partial charge is 0.223 e. The maximum atomic E-state index is 11.9. The Bertz CT molecular complexity index is 503. The average molecular weight is 229 g/mol. The van der Waals surface area contributed by atoms with Crippen LogP contribution in [-0.4, -0.2) is 18.2 Å². The molecule has 3 nitrogen and oxygen atoms in total. The van der Waals surface area contributed by atoms with Crippen molar-refractivity contribution in [2.45, 2.75) is 26.2 Å². The summed E-state index contributed by atoms with van der Waals surface area (Å²) >= 11 is 0. The second-order valence-electron chi connectivity index (χ2n) is 4.90. The first kappa shape index (κ1) is 10.5. The van der Waals surface area contributed by atoms with Gasteiger partial charge in [0.2, 0.25) is 5.91 Å². The number of Topliss-reactive ketones (excluding diaryl/α,β-unsaturated/α-hetero) is 1. The standard InChI is InChI=1S/C14H15NO2/c1-9(16)15-7-6-11-8-12(4-5-13(11)15)14(17)10-2-3-10/h4-5,8,10H,2-3,6-7H2,1H3. The summed E-state index contributed by atoms with van der Waals surface area (Å²) in [7, 11) is 0. The highest BCUT2D eigenvalue weighted by Gasteiger charge is 2.31. The van der Waals surface area contributed by atoms with Crippen LogP contribution in [-0.2, 0) is 11.2 Å². The lowest BCUT2D eigenvalue weighted by molar-refractivity contribution is -0.116. The zero-order valence-corrected chi connectivity index (χ0v) is 9.90. The Morgan fingerprint density at radius 2 is 2.06 bits per heavy atom. The number of hydrogen-bond donors (Lipinski definition) is 0. The molecule has 1 heterocycles. The van der Waals surface area contributed by atoms with E-state index in [0.717, 1.165) is 42.6 Å². The Morgan fingerprint density at radius 3 is 2.71 bits per heavy atom. The summed E-state index contributed by atoms with van der Waals surface area (Å²) in [6.45, 7) is 2.32. The molecule has 1 amide bonds. The first-order chi connectivity index (χ1) is 8.16. The van der Waals surface area contributed by atoms with Gasteiger partial charge in [0, 0.05) is 30.6 Å². The Morgan fingerprint density at radius 1 is 1.29 bits per heavy atom. The monoisotopic (exact) mass is 229 g/mol. The molecule has 17 heavy (non-hydrogen) atoms. The van der Waals surface area contributed by atoms with Crippen molar-refractivity contribution in [3.8, 4) is 0 Å². The van der Waals surface area contributed by atoms with E-state index in [0.29, 0.717) is 0 Å². The summed E-state index contributed by atoms with van der Waals surface area (Å²) in [6, 6.07) is 5.75. The fraction of sp³-hybridized carbons (Fsp3) is 0.429. The van der Waals surface area contributed by atoms with Gasteiger partial charge in [0.1, 0.15) is 0 Å². The lowest BCUT2D eigenvalue weighted by Gasteiger charge is -2.14. The molecule has 0 aromatic heterocycles. The topological polar surface area (TPSA) is 37.4 Å². The van der Waals surface area contributed by atoms with Gasteiger partial charge < -0.3 is 4.90 Å². The van der Waals surface area contributed by atoms with Crippen LogP contribution >= 0.6 is 0 Å². The zero-order valence-electron chi connectivity index (χ0n) is 9.90. The number of anilines is 1. The molecule has 0 unspecified atom stereocenters. The molecular formula is C14H15NO2. The minimum atomic E-state index is 0.0741. The van der Waals surface area contributed by atoms with Crippen molar-refractivity contribution in [1.29, 1.82) is 0 Å². The van der Waals surface area contributed by atoms with E-state index >= 15 is 0 Å². The Balaban J connectivity index is 1.93. The molecule has 1 aromatic carbocycles. The molecule has 0 bridgehead atoms. The molecule has 2 aliphatic rings.